The van der Waals surface area contributed by atoms with Crippen molar-refractivity contribution in [1.29, 1.82) is 0 Å². The van der Waals surface area contributed by atoms with E-state index in [1.807, 2.05) is 6.92 Å². The Bertz CT molecular complexity index is 1170. The Morgan fingerprint density at radius 3 is 2.12 bits per heavy atom. The number of anilines is 2. The van der Waals surface area contributed by atoms with Gasteiger partial charge in [0, 0.05) is 6.54 Å². The summed E-state index contributed by atoms with van der Waals surface area (Å²) in [5.74, 6) is -0.0944. The highest BCUT2D eigenvalue weighted by Gasteiger charge is 2.35. The van der Waals surface area contributed by atoms with Gasteiger partial charge in [-0.3, -0.25) is 4.79 Å². The van der Waals surface area contributed by atoms with Gasteiger partial charge in [-0.05, 0) is 68.7 Å². The number of carbonyl (C=O) groups is 3. The molecule has 0 fully saturated rings. The SMILES string of the molecule is CCCCNc1nc(N(C(=O)OC(C)(C)C)C(=O)OC(C)(C)C)ncc1OCc1cn(COC(=O)C(C)(C)C)nn1. The summed E-state index contributed by atoms with van der Waals surface area (Å²) in [6, 6.07) is 0. The van der Waals surface area contributed by atoms with Crippen molar-refractivity contribution in [3.05, 3.63) is 18.1 Å². The van der Waals surface area contributed by atoms with Crippen molar-refractivity contribution >= 4 is 29.9 Å². The van der Waals surface area contributed by atoms with Crippen molar-refractivity contribution in [2.75, 3.05) is 16.8 Å². The van der Waals surface area contributed by atoms with E-state index in [0.717, 1.165) is 12.8 Å². The third-order valence-electron chi connectivity index (χ3n) is 4.82. The molecule has 0 unspecified atom stereocenters. The molecule has 0 aliphatic rings. The lowest BCUT2D eigenvalue weighted by Crippen LogP contribution is -2.44. The third-order valence-corrected chi connectivity index (χ3v) is 4.82. The fourth-order valence-corrected chi connectivity index (χ4v) is 2.90. The number of nitrogens with one attached hydrogen (secondary N) is 1. The summed E-state index contributed by atoms with van der Waals surface area (Å²) in [4.78, 5) is 47.3. The van der Waals surface area contributed by atoms with Gasteiger partial charge < -0.3 is 24.3 Å². The highest BCUT2D eigenvalue weighted by molar-refractivity contribution is 6.08. The summed E-state index contributed by atoms with van der Waals surface area (Å²) in [5, 5.41) is 11.2. The Kier molecular flexibility index (Phi) is 11.0. The molecule has 0 atom stereocenters. The second kappa shape index (κ2) is 13.6. The molecule has 2 rings (SSSR count). The number of ether oxygens (including phenoxy) is 4. The first kappa shape index (κ1) is 33.2. The van der Waals surface area contributed by atoms with Gasteiger partial charge in [-0.2, -0.15) is 4.98 Å². The molecule has 41 heavy (non-hydrogen) atoms. The molecule has 0 aromatic carbocycles. The molecule has 0 saturated carbocycles. The van der Waals surface area contributed by atoms with Crippen LogP contribution in [0.1, 0.15) is 87.8 Å². The number of hydrogen-bond acceptors (Lipinski definition) is 12. The Morgan fingerprint density at radius 1 is 0.976 bits per heavy atom. The van der Waals surface area contributed by atoms with E-state index in [-0.39, 0.29) is 36.8 Å². The molecule has 0 bridgehead atoms. The first-order valence-electron chi connectivity index (χ1n) is 13.5. The van der Waals surface area contributed by atoms with Gasteiger partial charge in [0.15, 0.2) is 18.3 Å². The van der Waals surface area contributed by atoms with Crippen molar-refractivity contribution in [1.82, 2.24) is 25.0 Å². The molecule has 2 aromatic heterocycles. The second-order valence-electron chi connectivity index (χ2n) is 12.3. The Labute approximate surface area is 241 Å². The Hall–Kier alpha value is -3.97. The lowest BCUT2D eigenvalue weighted by atomic mass is 9.98. The summed E-state index contributed by atoms with van der Waals surface area (Å²) in [6.45, 7) is 17.9. The predicted octanol–water partition coefficient (Wildman–Crippen LogP) is 5.08. The van der Waals surface area contributed by atoms with E-state index in [9.17, 15) is 14.4 Å². The number of nitrogens with zero attached hydrogens (tertiary/aromatic N) is 6. The van der Waals surface area contributed by atoms with Gasteiger partial charge in [0.2, 0.25) is 5.95 Å². The molecule has 14 heteroatoms. The summed E-state index contributed by atoms with van der Waals surface area (Å²) < 4.78 is 23.4. The number of esters is 1. The topological polar surface area (TPSA) is 160 Å². The van der Waals surface area contributed by atoms with Crippen LogP contribution in [0.3, 0.4) is 0 Å². The van der Waals surface area contributed by atoms with Crippen LogP contribution in [-0.2, 0) is 32.3 Å². The molecule has 2 aromatic rings. The van der Waals surface area contributed by atoms with Gasteiger partial charge >= 0.3 is 18.2 Å². The first-order chi connectivity index (χ1) is 18.9. The van der Waals surface area contributed by atoms with E-state index in [4.69, 9.17) is 18.9 Å². The summed E-state index contributed by atoms with van der Waals surface area (Å²) in [7, 11) is 0. The fourth-order valence-electron chi connectivity index (χ4n) is 2.90. The van der Waals surface area contributed by atoms with Crippen LogP contribution in [0.15, 0.2) is 12.4 Å². The molecule has 2 heterocycles. The van der Waals surface area contributed by atoms with Crippen LogP contribution in [0.25, 0.3) is 0 Å². The average Bonchev–Trinajstić information content (AvgIpc) is 3.27. The monoisotopic (exact) mass is 577 g/mol. The number of amides is 2. The second-order valence-corrected chi connectivity index (χ2v) is 12.3. The maximum Gasteiger partial charge on any atom is 0.427 e. The van der Waals surface area contributed by atoms with Gasteiger partial charge in [-0.15, -0.1) is 10.00 Å². The Balaban J connectivity index is 2.29. The van der Waals surface area contributed by atoms with Crippen molar-refractivity contribution in [2.24, 2.45) is 5.41 Å². The maximum atomic E-state index is 13.0. The number of aromatic nitrogens is 5. The quantitative estimate of drug-likeness (QED) is 0.227. The summed E-state index contributed by atoms with van der Waals surface area (Å²) >= 11 is 0. The molecule has 1 N–H and O–H groups in total. The molecule has 2 amide bonds. The molecule has 0 spiro atoms. The number of hydrogen-bond donors (Lipinski definition) is 1. The van der Waals surface area contributed by atoms with Crippen LogP contribution in [0.5, 0.6) is 5.75 Å². The van der Waals surface area contributed by atoms with Crippen LogP contribution in [0.2, 0.25) is 0 Å². The van der Waals surface area contributed by atoms with Crippen molar-refractivity contribution in [3.63, 3.8) is 0 Å². The molecule has 0 saturated heterocycles. The van der Waals surface area contributed by atoms with Gasteiger partial charge in [0.25, 0.3) is 0 Å². The zero-order chi connectivity index (χ0) is 31.0. The van der Waals surface area contributed by atoms with Crippen LogP contribution in [0.4, 0.5) is 21.4 Å². The van der Waals surface area contributed by atoms with E-state index < -0.39 is 28.8 Å². The van der Waals surface area contributed by atoms with E-state index in [2.05, 4.69) is 25.6 Å². The number of carbonyl (C=O) groups excluding carboxylic acids is 3. The maximum absolute atomic E-state index is 13.0. The minimum atomic E-state index is -0.983. The highest BCUT2D eigenvalue weighted by atomic mass is 16.6. The van der Waals surface area contributed by atoms with Gasteiger partial charge in [-0.25, -0.2) is 19.3 Å². The summed E-state index contributed by atoms with van der Waals surface area (Å²) in [5.41, 5.74) is -1.94. The van der Waals surface area contributed by atoms with Crippen molar-refractivity contribution in [3.8, 4) is 5.75 Å². The molecule has 0 aliphatic heterocycles. The highest BCUT2D eigenvalue weighted by Crippen LogP contribution is 2.27. The number of imide groups is 1. The normalized spacial score (nSPS) is 12.0. The zero-order valence-electron chi connectivity index (χ0n) is 25.7. The van der Waals surface area contributed by atoms with E-state index >= 15 is 0 Å². The van der Waals surface area contributed by atoms with Crippen LogP contribution < -0.4 is 15.0 Å². The number of rotatable bonds is 10. The lowest BCUT2D eigenvalue weighted by Gasteiger charge is -2.27. The number of unbranched alkanes of at least 4 members (excludes halogenated alkanes) is 1. The standard InChI is InChI=1S/C27H43N7O7/c1-11-12-13-28-20-19(38-16-18-15-33(32-31-18)17-39-21(35)25(2,3)4)14-29-22(30-20)34(23(36)40-26(5,6)7)24(37)41-27(8,9)10/h14-15H,11-13,16-17H2,1-10H3,(H,28,29,30). The largest absolute Gasteiger partial charge is 0.482 e. The minimum Gasteiger partial charge on any atom is -0.482 e. The van der Waals surface area contributed by atoms with E-state index in [1.54, 1.807) is 68.5 Å². The molecular weight excluding hydrogens is 534 g/mol. The summed E-state index contributed by atoms with van der Waals surface area (Å²) in [6.07, 6.45) is 2.72. The molecule has 0 radical (unpaired) electrons. The molecular formula is C27H43N7O7. The molecule has 228 valence electrons. The molecule has 0 aliphatic carbocycles. The van der Waals surface area contributed by atoms with E-state index in [1.165, 1.54) is 10.9 Å². The average molecular weight is 578 g/mol. The van der Waals surface area contributed by atoms with Crippen LogP contribution in [0, 0.1) is 5.41 Å². The van der Waals surface area contributed by atoms with Gasteiger partial charge in [0.1, 0.15) is 23.5 Å². The van der Waals surface area contributed by atoms with Crippen molar-refractivity contribution in [2.45, 2.75) is 107 Å². The predicted molar refractivity (Wildman–Crippen MR) is 150 cm³/mol. The van der Waals surface area contributed by atoms with Crippen LogP contribution >= 0.6 is 0 Å². The van der Waals surface area contributed by atoms with Gasteiger partial charge in [0.05, 0.1) is 17.8 Å². The fraction of sp³-hybridized carbons (Fsp3) is 0.667. The van der Waals surface area contributed by atoms with Crippen LogP contribution in [-0.4, -0.2) is 60.9 Å². The minimum absolute atomic E-state index is 0.000226. The first-order valence-corrected chi connectivity index (χ1v) is 13.5. The van der Waals surface area contributed by atoms with Crippen molar-refractivity contribution < 1.29 is 33.3 Å². The third kappa shape index (κ3) is 11.2. The van der Waals surface area contributed by atoms with E-state index in [0.29, 0.717) is 17.1 Å². The zero-order valence-corrected chi connectivity index (χ0v) is 25.7. The van der Waals surface area contributed by atoms with Gasteiger partial charge in [-0.1, -0.05) is 18.6 Å². The smallest absolute Gasteiger partial charge is 0.427 e. The molecule has 14 nitrogen and oxygen atoms in total. The lowest BCUT2D eigenvalue weighted by molar-refractivity contribution is -0.157. The Morgan fingerprint density at radius 2 is 1.59 bits per heavy atom.